The van der Waals surface area contributed by atoms with Gasteiger partial charge in [-0.2, -0.15) is 13.6 Å². The second kappa shape index (κ2) is 6.55. The maximum Gasteiger partial charge on any atom is 0.321 e. The van der Waals surface area contributed by atoms with Gasteiger partial charge in [0, 0.05) is 41.5 Å². The van der Waals surface area contributed by atoms with Crippen LogP contribution in [0.1, 0.15) is 22.9 Å². The molecule has 3 rings (SSSR count). The van der Waals surface area contributed by atoms with Crippen molar-refractivity contribution in [2.75, 3.05) is 18.3 Å². The normalized spacial score (nSPS) is 18.0. The van der Waals surface area contributed by atoms with Gasteiger partial charge >= 0.3 is 9.84 Å². The number of hydrogen-bond donors (Lipinski definition) is 0. The Morgan fingerprint density at radius 3 is 2.48 bits per heavy atom. The Morgan fingerprint density at radius 2 is 1.93 bits per heavy atom. The average molecular weight is 575 g/mol. The summed E-state index contributed by atoms with van der Waals surface area (Å²) in [4.78, 5) is 29.5. The van der Waals surface area contributed by atoms with Gasteiger partial charge in [-0.25, -0.2) is 18.4 Å². The summed E-state index contributed by atoms with van der Waals surface area (Å²) >= 11 is 3.92. The molecular formula is C14H10BrF2IN4O4S. The lowest BCUT2D eigenvalue weighted by atomic mass is 9.91. The molecule has 27 heavy (non-hydrogen) atoms. The number of alkyl halides is 3. The number of aromatic nitrogens is 3. The fourth-order valence-corrected chi connectivity index (χ4v) is 4.35. The Kier molecular flexibility index (Phi) is 4.91. The van der Waals surface area contributed by atoms with Crippen LogP contribution in [0.4, 0.5) is 8.78 Å². The molecule has 1 aromatic heterocycles. The number of amides is 1. The van der Waals surface area contributed by atoms with Gasteiger partial charge in [-0.1, -0.05) is 12.1 Å². The van der Waals surface area contributed by atoms with Crippen LogP contribution in [0.5, 0.6) is 0 Å². The van der Waals surface area contributed by atoms with E-state index in [1.54, 1.807) is 0 Å². The third-order valence-corrected chi connectivity index (χ3v) is 6.06. The van der Waals surface area contributed by atoms with Crippen LogP contribution in [-0.2, 0) is 23.4 Å². The van der Waals surface area contributed by atoms with Crippen molar-refractivity contribution in [1.82, 2.24) is 14.9 Å². The zero-order valence-electron chi connectivity index (χ0n) is 13.7. The number of sulfone groups is 1. The lowest BCUT2D eigenvalue weighted by Crippen LogP contribution is -2.50. The van der Waals surface area contributed by atoms with Crippen LogP contribution in [-0.4, -0.2) is 48.3 Å². The number of fused-ring (bicyclic) bond motifs is 1. The number of rotatable bonds is 3. The van der Waals surface area contributed by atoms with E-state index >= 15 is 0 Å². The molecule has 1 atom stereocenters. The molecule has 0 fully saturated rings. The molecule has 0 saturated carbocycles. The highest BCUT2D eigenvalue weighted by molar-refractivity contribution is 14.1. The molecule has 2 heterocycles. The number of benzene rings is 1. The van der Waals surface area contributed by atoms with Crippen LogP contribution < -0.4 is 5.01 Å². The van der Waals surface area contributed by atoms with Crippen LogP contribution in [0.3, 0.4) is 0 Å². The minimum absolute atomic E-state index is 0.00661. The molecule has 0 aliphatic carbocycles. The van der Waals surface area contributed by atoms with E-state index in [4.69, 9.17) is 0 Å². The van der Waals surface area contributed by atoms with E-state index in [-0.39, 0.29) is 16.1 Å². The van der Waals surface area contributed by atoms with Gasteiger partial charge in [0.05, 0.1) is 4.90 Å². The van der Waals surface area contributed by atoms with E-state index < -0.39 is 41.8 Å². The molecule has 0 bridgehead atoms. The second-order valence-electron chi connectivity index (χ2n) is 5.78. The zero-order valence-corrected chi connectivity index (χ0v) is 18.2. The van der Waals surface area contributed by atoms with Gasteiger partial charge in [0.15, 0.2) is 15.7 Å². The van der Waals surface area contributed by atoms with Crippen molar-refractivity contribution in [2.24, 2.45) is 0 Å². The van der Waals surface area contributed by atoms with Gasteiger partial charge in [-0.05, 0) is 27.6 Å². The largest absolute Gasteiger partial charge is 0.321 e. The van der Waals surface area contributed by atoms with Crippen LogP contribution in [0, 0.1) is 0 Å². The highest BCUT2D eigenvalue weighted by atomic mass is 127. The molecular weight excluding hydrogens is 565 g/mol. The van der Waals surface area contributed by atoms with Gasteiger partial charge in [0.1, 0.15) is 5.92 Å². The number of nitrogens with zero attached hydrogens (tertiary/aromatic N) is 4. The predicted octanol–water partition coefficient (Wildman–Crippen LogP) is 1.74. The van der Waals surface area contributed by atoms with Crippen molar-refractivity contribution < 1.29 is 26.8 Å². The summed E-state index contributed by atoms with van der Waals surface area (Å²) in [5.41, 5.74) is -0.656. The second-order valence-corrected chi connectivity index (χ2v) is 9.83. The van der Waals surface area contributed by atoms with Crippen molar-refractivity contribution in [2.45, 2.75) is 14.7 Å². The Balaban J connectivity index is 2.31. The predicted molar refractivity (Wildman–Crippen MR) is 101 cm³/mol. The molecule has 2 aromatic rings. The quantitative estimate of drug-likeness (QED) is 0.314. The lowest BCUT2D eigenvalue weighted by molar-refractivity contribution is -0.138. The van der Waals surface area contributed by atoms with Crippen LogP contribution >= 0.6 is 38.5 Å². The molecule has 0 N–H and O–H groups in total. The maximum atomic E-state index is 13.7. The average Bonchev–Trinajstić information content (AvgIpc) is 2.92. The number of carbonyl (C=O) groups excluding carboxylic acids is 2. The Morgan fingerprint density at radius 1 is 1.30 bits per heavy atom. The third-order valence-electron chi connectivity index (χ3n) is 3.95. The summed E-state index contributed by atoms with van der Waals surface area (Å²) in [6, 6.07) is 2.93. The molecule has 0 saturated heterocycles. The summed E-state index contributed by atoms with van der Waals surface area (Å²) in [5, 5.41) is 4.88. The van der Waals surface area contributed by atoms with Gasteiger partial charge in [0.2, 0.25) is 10.5 Å². The molecule has 1 aliphatic heterocycles. The lowest BCUT2D eigenvalue weighted by Gasteiger charge is -2.28. The molecule has 13 heteroatoms. The highest BCUT2D eigenvalue weighted by Gasteiger charge is 2.43. The topological polar surface area (TPSA) is 102 Å². The Hall–Kier alpha value is -1.48. The summed E-state index contributed by atoms with van der Waals surface area (Å²) in [6.45, 7) is 0. The Labute approximate surface area is 174 Å². The van der Waals surface area contributed by atoms with Crippen molar-refractivity contribution >= 4 is 60.0 Å². The molecule has 1 unspecified atom stereocenters. The van der Waals surface area contributed by atoms with Gasteiger partial charge < -0.3 is 0 Å². The smallest absolute Gasteiger partial charge is 0.287 e. The van der Waals surface area contributed by atoms with Gasteiger partial charge in [0.25, 0.3) is 0 Å². The summed E-state index contributed by atoms with van der Waals surface area (Å²) in [6.07, 6.45) is 0.836. The number of halogens is 4. The fraction of sp³-hybridized carbons (Fsp3) is 0.286. The minimum atomic E-state index is -4.00. The molecule has 1 aromatic carbocycles. The first-order valence-electron chi connectivity index (χ1n) is 7.18. The SMILES string of the molecule is CN1C(=O)C(=O)C(c2ccc(C(F)(F)I)cc2S(C)(=O)=O)c2nc(Br)nn21. The van der Waals surface area contributed by atoms with E-state index in [2.05, 4.69) is 26.0 Å². The summed E-state index contributed by atoms with van der Waals surface area (Å²) in [7, 11) is -2.69. The van der Waals surface area contributed by atoms with Crippen molar-refractivity contribution in [3.8, 4) is 0 Å². The first-order valence-corrected chi connectivity index (χ1v) is 10.9. The van der Waals surface area contributed by atoms with Gasteiger partial charge in [-0.3, -0.25) is 9.59 Å². The zero-order chi connectivity index (χ0) is 20.3. The third kappa shape index (κ3) is 3.51. The Bertz CT molecular complexity index is 1080. The molecule has 144 valence electrons. The molecule has 8 nitrogen and oxygen atoms in total. The molecule has 0 spiro atoms. The first-order chi connectivity index (χ1) is 12.3. The minimum Gasteiger partial charge on any atom is -0.287 e. The molecule has 1 aliphatic rings. The fourth-order valence-electron chi connectivity index (χ4n) is 2.73. The van der Waals surface area contributed by atoms with E-state index in [0.29, 0.717) is 0 Å². The van der Waals surface area contributed by atoms with E-state index in [1.165, 1.54) is 7.05 Å². The summed E-state index contributed by atoms with van der Waals surface area (Å²) < 4.78 is 48.6. The standard InChI is InChI=1S/C14H10BrF2IN4O4S/c1-21-12(24)10(23)9(11-19-13(15)20-22(11)21)7-4-3-6(14(16,17)18)5-8(7)27(2,25)26/h3-5,9H,1-2H3. The van der Waals surface area contributed by atoms with Crippen molar-refractivity contribution in [3.05, 3.63) is 39.9 Å². The van der Waals surface area contributed by atoms with E-state index in [0.717, 1.165) is 56.8 Å². The highest BCUT2D eigenvalue weighted by Crippen LogP contribution is 2.39. The van der Waals surface area contributed by atoms with Gasteiger partial charge in [-0.15, -0.1) is 5.10 Å². The molecule has 1 amide bonds. The van der Waals surface area contributed by atoms with E-state index in [1.807, 2.05) is 0 Å². The van der Waals surface area contributed by atoms with Crippen molar-refractivity contribution in [1.29, 1.82) is 0 Å². The maximum absolute atomic E-state index is 13.7. The van der Waals surface area contributed by atoms with Crippen molar-refractivity contribution in [3.63, 3.8) is 0 Å². The van der Waals surface area contributed by atoms with E-state index in [9.17, 15) is 26.8 Å². The van der Waals surface area contributed by atoms with Crippen LogP contribution in [0.2, 0.25) is 0 Å². The number of ketones is 1. The van der Waals surface area contributed by atoms with Crippen LogP contribution in [0.15, 0.2) is 27.8 Å². The van der Waals surface area contributed by atoms with Crippen LogP contribution in [0.25, 0.3) is 0 Å². The number of hydrogen-bond acceptors (Lipinski definition) is 6. The number of likely N-dealkylation sites (N-methyl/N-ethyl adjacent to an activating group) is 1. The molecule has 0 radical (unpaired) electrons. The monoisotopic (exact) mass is 574 g/mol. The number of Topliss-reactive ketones (excluding diaryl/α,β-unsaturated/α-hetero) is 1. The first kappa shape index (κ1) is 20.3. The number of carbonyl (C=O) groups is 2. The summed E-state index contributed by atoms with van der Waals surface area (Å²) in [5.74, 6) is -3.28.